The molecule has 7 nitrogen and oxygen atoms in total. The standard InChI is InChI=1S/C29H33ClFN3O4S/c1-5-26(29(36)32-20(2)3)33(18-22-11-14-24(31)15-12-22)28(35)19-34(27-16-13-23(30)17-21(27)4)39(37,38)25-9-7-6-8-10-25/h6-17,20,26H,5,18-19H2,1-4H3,(H,32,36)/t26-/m0/s1. The monoisotopic (exact) mass is 573 g/mol. The number of nitrogens with one attached hydrogen (secondary N) is 1. The zero-order valence-corrected chi connectivity index (χ0v) is 24.0. The van der Waals surface area contributed by atoms with Gasteiger partial charge in [-0.25, -0.2) is 12.8 Å². The van der Waals surface area contributed by atoms with Gasteiger partial charge in [-0.2, -0.15) is 0 Å². The molecule has 0 heterocycles. The van der Waals surface area contributed by atoms with Gasteiger partial charge in [0.25, 0.3) is 10.0 Å². The zero-order valence-electron chi connectivity index (χ0n) is 22.4. The minimum Gasteiger partial charge on any atom is -0.352 e. The number of amides is 2. The summed E-state index contributed by atoms with van der Waals surface area (Å²) in [6.45, 7) is 6.54. The first-order chi connectivity index (χ1) is 18.4. The first-order valence-electron chi connectivity index (χ1n) is 12.6. The summed E-state index contributed by atoms with van der Waals surface area (Å²) in [5, 5.41) is 3.27. The van der Waals surface area contributed by atoms with Crippen LogP contribution in [0.4, 0.5) is 10.1 Å². The van der Waals surface area contributed by atoms with Crippen LogP contribution in [0.25, 0.3) is 0 Å². The molecule has 1 atom stereocenters. The van der Waals surface area contributed by atoms with Crippen LogP contribution >= 0.6 is 11.6 Å². The van der Waals surface area contributed by atoms with Crippen LogP contribution in [0.15, 0.2) is 77.7 Å². The van der Waals surface area contributed by atoms with Crippen LogP contribution in [0.3, 0.4) is 0 Å². The molecule has 0 unspecified atom stereocenters. The summed E-state index contributed by atoms with van der Waals surface area (Å²) in [6.07, 6.45) is 0.289. The highest BCUT2D eigenvalue weighted by Crippen LogP contribution is 2.29. The van der Waals surface area contributed by atoms with Gasteiger partial charge in [0.1, 0.15) is 18.4 Å². The summed E-state index contributed by atoms with van der Waals surface area (Å²) in [5.74, 6) is -1.37. The maximum absolute atomic E-state index is 14.0. The Labute approximate surface area is 234 Å². The molecule has 3 rings (SSSR count). The van der Waals surface area contributed by atoms with Gasteiger partial charge in [-0.15, -0.1) is 0 Å². The molecule has 0 aliphatic carbocycles. The molecule has 0 radical (unpaired) electrons. The molecule has 10 heteroatoms. The maximum Gasteiger partial charge on any atom is 0.264 e. The average Bonchev–Trinajstić information content (AvgIpc) is 2.88. The molecule has 208 valence electrons. The Bertz CT molecular complexity index is 1400. The molecule has 0 saturated carbocycles. The molecule has 0 aliphatic heterocycles. The number of aryl methyl sites for hydroxylation is 1. The van der Waals surface area contributed by atoms with Gasteiger partial charge in [-0.1, -0.05) is 48.9 Å². The Morgan fingerprint density at radius 1 is 1.00 bits per heavy atom. The Morgan fingerprint density at radius 2 is 1.64 bits per heavy atom. The quantitative estimate of drug-likeness (QED) is 0.337. The summed E-state index contributed by atoms with van der Waals surface area (Å²) in [6, 6.07) is 17.1. The van der Waals surface area contributed by atoms with E-state index in [2.05, 4.69) is 5.32 Å². The molecular weight excluding hydrogens is 541 g/mol. The van der Waals surface area contributed by atoms with E-state index >= 15 is 0 Å². The number of halogens is 2. The van der Waals surface area contributed by atoms with E-state index in [-0.39, 0.29) is 35.5 Å². The van der Waals surface area contributed by atoms with Crippen molar-refractivity contribution in [2.24, 2.45) is 0 Å². The Hall–Kier alpha value is -3.43. The molecule has 0 aromatic heterocycles. The third-order valence-electron chi connectivity index (χ3n) is 6.12. The third kappa shape index (κ3) is 7.58. The molecule has 3 aromatic carbocycles. The number of carbonyl (C=O) groups is 2. The summed E-state index contributed by atoms with van der Waals surface area (Å²) in [4.78, 5) is 28.5. The van der Waals surface area contributed by atoms with Crippen molar-refractivity contribution in [2.45, 2.75) is 57.6 Å². The highest BCUT2D eigenvalue weighted by atomic mass is 35.5. The molecule has 1 N–H and O–H groups in total. The lowest BCUT2D eigenvalue weighted by molar-refractivity contribution is -0.140. The van der Waals surface area contributed by atoms with Gasteiger partial charge in [0, 0.05) is 17.6 Å². The molecule has 0 saturated heterocycles. The van der Waals surface area contributed by atoms with Crippen molar-refractivity contribution < 1.29 is 22.4 Å². The fourth-order valence-corrected chi connectivity index (χ4v) is 5.94. The number of hydrogen-bond acceptors (Lipinski definition) is 4. The average molecular weight is 574 g/mol. The highest BCUT2D eigenvalue weighted by Gasteiger charge is 2.34. The van der Waals surface area contributed by atoms with Crippen LogP contribution in [0.5, 0.6) is 0 Å². The minimum absolute atomic E-state index is 0.0119. The molecule has 0 fully saturated rings. The summed E-state index contributed by atoms with van der Waals surface area (Å²) < 4.78 is 42.3. The fraction of sp³-hybridized carbons (Fsp3) is 0.310. The Balaban J connectivity index is 2.08. The fourth-order valence-electron chi connectivity index (χ4n) is 4.22. The van der Waals surface area contributed by atoms with Gasteiger partial charge in [0.15, 0.2) is 0 Å². The van der Waals surface area contributed by atoms with Crippen LogP contribution in [-0.2, 0) is 26.2 Å². The second-order valence-electron chi connectivity index (χ2n) is 9.49. The van der Waals surface area contributed by atoms with E-state index < -0.39 is 34.3 Å². The largest absolute Gasteiger partial charge is 0.352 e. The van der Waals surface area contributed by atoms with E-state index in [1.807, 2.05) is 13.8 Å². The van der Waals surface area contributed by atoms with Crippen molar-refractivity contribution in [2.75, 3.05) is 10.8 Å². The molecule has 0 spiro atoms. The predicted molar refractivity (Wildman–Crippen MR) is 151 cm³/mol. The number of anilines is 1. The summed E-state index contributed by atoms with van der Waals surface area (Å²) in [7, 11) is -4.18. The van der Waals surface area contributed by atoms with E-state index in [0.29, 0.717) is 16.1 Å². The topological polar surface area (TPSA) is 86.8 Å². The molecule has 0 bridgehead atoms. The normalized spacial score (nSPS) is 12.2. The number of sulfonamides is 1. The van der Waals surface area contributed by atoms with Crippen LogP contribution in [0, 0.1) is 12.7 Å². The number of rotatable bonds is 11. The SMILES string of the molecule is CC[C@@H](C(=O)NC(C)C)N(Cc1ccc(F)cc1)C(=O)CN(c1ccc(Cl)cc1C)S(=O)(=O)c1ccccc1. The number of carbonyl (C=O) groups excluding carboxylic acids is 2. The Morgan fingerprint density at radius 3 is 2.21 bits per heavy atom. The van der Waals surface area contributed by atoms with Gasteiger partial charge < -0.3 is 10.2 Å². The number of hydrogen-bond donors (Lipinski definition) is 1. The second-order valence-corrected chi connectivity index (χ2v) is 11.8. The lowest BCUT2D eigenvalue weighted by Crippen LogP contribution is -2.53. The van der Waals surface area contributed by atoms with Crippen LogP contribution in [-0.4, -0.2) is 43.8 Å². The van der Waals surface area contributed by atoms with Gasteiger partial charge in [-0.3, -0.25) is 13.9 Å². The third-order valence-corrected chi connectivity index (χ3v) is 8.13. The van der Waals surface area contributed by atoms with Crippen molar-refractivity contribution >= 4 is 39.1 Å². The van der Waals surface area contributed by atoms with Gasteiger partial charge in [-0.05, 0) is 80.8 Å². The zero-order chi connectivity index (χ0) is 28.7. The van der Waals surface area contributed by atoms with Gasteiger partial charge >= 0.3 is 0 Å². The minimum atomic E-state index is -4.18. The van der Waals surface area contributed by atoms with E-state index in [1.54, 1.807) is 50.2 Å². The highest BCUT2D eigenvalue weighted by molar-refractivity contribution is 7.92. The molecule has 0 aliphatic rings. The van der Waals surface area contributed by atoms with E-state index in [9.17, 15) is 22.4 Å². The summed E-state index contributed by atoms with van der Waals surface area (Å²) >= 11 is 6.13. The van der Waals surface area contributed by atoms with Crippen molar-refractivity contribution in [3.05, 3.63) is 94.8 Å². The lowest BCUT2D eigenvalue weighted by Gasteiger charge is -2.34. The number of nitrogens with zero attached hydrogens (tertiary/aromatic N) is 2. The molecule has 3 aromatic rings. The van der Waals surface area contributed by atoms with Crippen molar-refractivity contribution in [3.8, 4) is 0 Å². The molecule has 2 amide bonds. The molecular formula is C29H33ClFN3O4S. The van der Waals surface area contributed by atoms with Crippen LogP contribution < -0.4 is 9.62 Å². The molecule has 39 heavy (non-hydrogen) atoms. The maximum atomic E-state index is 14.0. The first kappa shape index (κ1) is 30.1. The van der Waals surface area contributed by atoms with E-state index in [0.717, 1.165) is 4.31 Å². The van der Waals surface area contributed by atoms with Crippen molar-refractivity contribution in [1.29, 1.82) is 0 Å². The number of benzene rings is 3. The van der Waals surface area contributed by atoms with E-state index in [1.165, 1.54) is 41.3 Å². The van der Waals surface area contributed by atoms with Crippen LogP contribution in [0.1, 0.15) is 38.3 Å². The van der Waals surface area contributed by atoms with Crippen molar-refractivity contribution in [1.82, 2.24) is 10.2 Å². The Kier molecular flexibility index (Phi) is 10.1. The van der Waals surface area contributed by atoms with Gasteiger partial charge in [0.2, 0.25) is 11.8 Å². The first-order valence-corrected chi connectivity index (χ1v) is 14.4. The summed E-state index contributed by atoms with van der Waals surface area (Å²) in [5.41, 5.74) is 1.45. The van der Waals surface area contributed by atoms with Crippen molar-refractivity contribution in [3.63, 3.8) is 0 Å². The predicted octanol–water partition coefficient (Wildman–Crippen LogP) is 5.31. The van der Waals surface area contributed by atoms with Crippen LogP contribution in [0.2, 0.25) is 5.02 Å². The van der Waals surface area contributed by atoms with Gasteiger partial charge in [0.05, 0.1) is 10.6 Å². The smallest absolute Gasteiger partial charge is 0.264 e. The second kappa shape index (κ2) is 13.1. The lowest BCUT2D eigenvalue weighted by atomic mass is 10.1. The van der Waals surface area contributed by atoms with E-state index in [4.69, 9.17) is 11.6 Å².